The van der Waals surface area contributed by atoms with Gasteiger partial charge in [-0.2, -0.15) is 0 Å². The molecule has 2 rings (SSSR count). The van der Waals surface area contributed by atoms with E-state index in [2.05, 4.69) is 19.3 Å². The number of Topliss-reactive ketones (excluding diaryl/α,β-unsaturated/α-hetero) is 1. The first kappa shape index (κ1) is 11.3. The van der Waals surface area contributed by atoms with E-state index in [-0.39, 0.29) is 21.2 Å². The van der Waals surface area contributed by atoms with E-state index in [1.54, 1.807) is 13.1 Å². The molecular formula is C11H13AlN3O. The molecule has 16 heavy (non-hydrogen) atoms. The number of aromatic nitrogens is 3. The Balaban J connectivity index is 2.92. The van der Waals surface area contributed by atoms with Crippen LogP contribution in [-0.4, -0.2) is 34.7 Å². The number of hydrogen-bond acceptors (Lipinski definition) is 3. The number of ketones is 1. The van der Waals surface area contributed by atoms with Crippen molar-refractivity contribution in [2.75, 3.05) is 0 Å². The average molecular weight is 230 g/mol. The lowest BCUT2D eigenvalue weighted by molar-refractivity contribution is 0.101. The first-order valence-corrected chi connectivity index (χ1v) is 6.88. The summed E-state index contributed by atoms with van der Waals surface area (Å²) >= 11 is 0.0670. The molecule has 2 heterocycles. The molecule has 81 valence electrons. The van der Waals surface area contributed by atoms with Gasteiger partial charge in [-0.25, -0.2) is 9.97 Å². The summed E-state index contributed by atoms with van der Waals surface area (Å²) in [6.07, 6.45) is 1.75. The summed E-state index contributed by atoms with van der Waals surface area (Å²) in [4.78, 5) is 20.5. The molecule has 0 saturated carbocycles. The van der Waals surface area contributed by atoms with E-state index in [1.807, 2.05) is 13.8 Å². The average Bonchev–Trinajstić information content (AvgIpc) is 2.48. The van der Waals surface area contributed by atoms with E-state index < -0.39 is 0 Å². The van der Waals surface area contributed by atoms with Gasteiger partial charge in [0.2, 0.25) is 0 Å². The molecule has 0 aliphatic heterocycles. The van der Waals surface area contributed by atoms with Crippen LogP contribution in [0.25, 0.3) is 11.2 Å². The Morgan fingerprint density at radius 3 is 2.69 bits per heavy atom. The van der Waals surface area contributed by atoms with Crippen LogP contribution in [0.15, 0.2) is 6.20 Å². The highest BCUT2D eigenvalue weighted by atomic mass is 27.1. The smallest absolute Gasteiger partial charge is 0.376 e. The molecule has 4 nitrogen and oxygen atoms in total. The summed E-state index contributed by atoms with van der Waals surface area (Å²) < 4.78 is 2.11. The van der Waals surface area contributed by atoms with Gasteiger partial charge in [0.25, 0.3) is 0 Å². The summed E-state index contributed by atoms with van der Waals surface area (Å²) in [5.41, 5.74) is 4.15. The third kappa shape index (κ3) is 1.57. The van der Waals surface area contributed by atoms with Gasteiger partial charge in [0.05, 0.1) is 17.5 Å². The summed E-state index contributed by atoms with van der Waals surface area (Å²) in [5.74, 6) is 2.19. The van der Waals surface area contributed by atoms with Gasteiger partial charge in [-0.15, -0.1) is 0 Å². The van der Waals surface area contributed by atoms with Crippen LogP contribution < -0.4 is 0 Å². The van der Waals surface area contributed by atoms with E-state index in [0.717, 1.165) is 28.1 Å². The zero-order valence-electron chi connectivity index (χ0n) is 9.90. The Hall–Kier alpha value is -1.18. The van der Waals surface area contributed by atoms with Crippen LogP contribution in [0.5, 0.6) is 0 Å². The second-order valence-electron chi connectivity index (χ2n) is 3.83. The van der Waals surface area contributed by atoms with Crippen molar-refractivity contribution in [2.24, 2.45) is 0 Å². The summed E-state index contributed by atoms with van der Waals surface area (Å²) in [5, 5.41) is 0. The second-order valence-corrected chi connectivity index (χ2v) is 4.86. The molecule has 0 saturated heterocycles. The van der Waals surface area contributed by atoms with E-state index in [0.29, 0.717) is 0 Å². The van der Waals surface area contributed by atoms with Gasteiger partial charge in [-0.3, -0.25) is 4.79 Å². The lowest BCUT2D eigenvalue weighted by Crippen LogP contribution is -2.05. The molecule has 1 radical (unpaired) electrons. The van der Waals surface area contributed by atoms with Crippen molar-refractivity contribution >= 4 is 32.4 Å². The zero-order chi connectivity index (χ0) is 11.9. The van der Waals surface area contributed by atoms with Gasteiger partial charge in [-0.05, 0) is 20.8 Å². The number of carbonyl (C=O) groups excluding carboxylic acids is 1. The minimum atomic E-state index is 0.0639. The van der Waals surface area contributed by atoms with E-state index in [9.17, 15) is 4.79 Å². The van der Waals surface area contributed by atoms with E-state index in [1.165, 1.54) is 0 Å². The zero-order valence-corrected chi connectivity index (χ0v) is 11.1. The molecule has 0 aliphatic rings. The van der Waals surface area contributed by atoms with Crippen molar-refractivity contribution in [3.63, 3.8) is 0 Å². The summed E-state index contributed by atoms with van der Waals surface area (Å²) in [6, 6.07) is 0. The van der Waals surface area contributed by atoms with Gasteiger partial charge < -0.3 is 3.55 Å². The first-order valence-electron chi connectivity index (χ1n) is 5.20. The third-order valence-corrected chi connectivity index (χ3v) is 3.82. The van der Waals surface area contributed by atoms with Crippen molar-refractivity contribution in [1.29, 1.82) is 0 Å². The van der Waals surface area contributed by atoms with Crippen LogP contribution in [0, 0.1) is 13.8 Å². The Morgan fingerprint density at radius 2 is 2.12 bits per heavy atom. The van der Waals surface area contributed by atoms with Gasteiger partial charge in [0.15, 0.2) is 5.78 Å². The van der Waals surface area contributed by atoms with Crippen LogP contribution in [-0.2, 0) is 0 Å². The van der Waals surface area contributed by atoms with E-state index >= 15 is 0 Å². The highest BCUT2D eigenvalue weighted by Gasteiger charge is 2.18. The topological polar surface area (TPSA) is 47.8 Å². The maximum atomic E-state index is 11.6. The predicted molar refractivity (Wildman–Crippen MR) is 64.0 cm³/mol. The Labute approximate surface area is 101 Å². The molecule has 0 aromatic carbocycles. The molecule has 0 fully saturated rings. The minimum absolute atomic E-state index is 0.0639. The fraction of sp³-hybridized carbons (Fsp3) is 0.364. The fourth-order valence-corrected chi connectivity index (χ4v) is 2.95. The molecule has 2 aromatic heterocycles. The van der Waals surface area contributed by atoms with Crippen LogP contribution in [0.2, 0.25) is 5.79 Å². The highest BCUT2D eigenvalue weighted by molar-refractivity contribution is 6.34. The lowest BCUT2D eigenvalue weighted by atomic mass is 10.1. The van der Waals surface area contributed by atoms with Crippen molar-refractivity contribution < 1.29 is 4.79 Å². The standard InChI is InChI=1S/C10H11N3O.CH3.Al/c1-5-4-11-10-9(12-5)8(7(3)14)6(2)13-10;;/h4H,1-3H3,(H,11,12,13,14);1H3;/q;;+1/p-1. The van der Waals surface area contributed by atoms with Crippen LogP contribution in [0.3, 0.4) is 0 Å². The first-order chi connectivity index (χ1) is 7.56. The van der Waals surface area contributed by atoms with Crippen molar-refractivity contribution in [2.45, 2.75) is 26.6 Å². The molecule has 0 bridgehead atoms. The van der Waals surface area contributed by atoms with Gasteiger partial charge in [0, 0.05) is 5.69 Å². The Bertz CT molecular complexity index is 574. The molecular weight excluding hydrogens is 217 g/mol. The van der Waals surface area contributed by atoms with Gasteiger partial charge in [-0.1, -0.05) is 5.79 Å². The van der Waals surface area contributed by atoms with Crippen LogP contribution >= 0.6 is 0 Å². The quantitative estimate of drug-likeness (QED) is 0.583. The van der Waals surface area contributed by atoms with Gasteiger partial charge in [0.1, 0.15) is 11.2 Å². The van der Waals surface area contributed by atoms with Crippen LogP contribution in [0.4, 0.5) is 0 Å². The number of nitrogens with zero attached hydrogens (tertiary/aromatic N) is 3. The molecule has 0 unspecified atom stereocenters. The number of hydrogen-bond donors (Lipinski definition) is 0. The summed E-state index contributed by atoms with van der Waals surface area (Å²) in [7, 11) is 0. The number of carbonyl (C=O) groups is 1. The maximum Gasteiger partial charge on any atom is 0.376 e. The largest absolute Gasteiger partial charge is 0.429 e. The van der Waals surface area contributed by atoms with Crippen molar-refractivity contribution in [3.8, 4) is 0 Å². The van der Waals surface area contributed by atoms with E-state index in [4.69, 9.17) is 0 Å². The number of rotatable bonds is 2. The molecule has 5 heteroatoms. The molecule has 0 amide bonds. The Morgan fingerprint density at radius 1 is 1.44 bits per heavy atom. The van der Waals surface area contributed by atoms with Gasteiger partial charge >= 0.3 is 15.4 Å². The van der Waals surface area contributed by atoms with Crippen molar-refractivity contribution in [1.82, 2.24) is 13.5 Å². The maximum absolute atomic E-state index is 11.6. The van der Waals surface area contributed by atoms with Crippen LogP contribution in [0.1, 0.15) is 28.7 Å². The molecule has 0 spiro atoms. The SMILES string of the molecule is [CH3][Al][n]1c(C)c(C(C)=O)c2nc(C)cnc21. The third-order valence-electron chi connectivity index (χ3n) is 2.67. The normalized spacial score (nSPS) is 10.8. The second kappa shape index (κ2) is 4.00. The molecule has 0 aliphatic carbocycles. The lowest BCUT2D eigenvalue weighted by Gasteiger charge is -2.02. The fourth-order valence-electron chi connectivity index (χ4n) is 2.00. The predicted octanol–water partition coefficient (Wildman–Crippen LogP) is 1.77. The molecule has 0 atom stereocenters. The molecule has 0 N–H and O–H groups in total. The summed E-state index contributed by atoms with van der Waals surface area (Å²) in [6.45, 7) is 5.44. The minimum Gasteiger partial charge on any atom is -0.429 e. The Kier molecular flexibility index (Phi) is 2.83. The van der Waals surface area contributed by atoms with Crippen molar-refractivity contribution in [3.05, 3.63) is 23.1 Å². The number of aryl methyl sites for hydroxylation is 1. The highest BCUT2D eigenvalue weighted by Crippen LogP contribution is 2.22. The monoisotopic (exact) mass is 230 g/mol. The number of fused-ring (bicyclic) bond motifs is 1. The molecule has 2 aromatic rings.